The molecule has 2 aromatic carbocycles. The fourth-order valence-corrected chi connectivity index (χ4v) is 6.09. The van der Waals surface area contributed by atoms with Crippen LogP contribution in [0.1, 0.15) is 11.1 Å². The van der Waals surface area contributed by atoms with Gasteiger partial charge in [-0.2, -0.15) is 13.2 Å². The number of anilines is 1. The third-order valence-electron chi connectivity index (χ3n) is 4.75. The van der Waals surface area contributed by atoms with Crippen LogP contribution in [0.15, 0.2) is 59.1 Å². The van der Waals surface area contributed by atoms with Gasteiger partial charge in [-0.15, -0.1) is 11.3 Å². The Balaban J connectivity index is 1.80. The number of fused-ring (bicyclic) bond motifs is 1. The second kappa shape index (κ2) is 7.82. The highest BCUT2D eigenvalue weighted by molar-refractivity contribution is 7.94. The van der Waals surface area contributed by atoms with Gasteiger partial charge in [0.25, 0.3) is 10.0 Å². The van der Waals surface area contributed by atoms with E-state index in [4.69, 9.17) is 0 Å². The van der Waals surface area contributed by atoms with Crippen molar-refractivity contribution in [2.45, 2.75) is 17.3 Å². The number of pyridine rings is 1. The van der Waals surface area contributed by atoms with Gasteiger partial charge < -0.3 is 0 Å². The number of rotatable bonds is 4. The van der Waals surface area contributed by atoms with Gasteiger partial charge in [0.1, 0.15) is 15.8 Å². The molecule has 11 heteroatoms. The Morgan fingerprint density at radius 2 is 1.78 bits per heavy atom. The van der Waals surface area contributed by atoms with E-state index in [-0.39, 0.29) is 20.9 Å². The van der Waals surface area contributed by atoms with E-state index in [1.54, 1.807) is 0 Å². The van der Waals surface area contributed by atoms with Crippen LogP contribution in [-0.4, -0.2) is 13.4 Å². The average Bonchev–Trinajstić information content (AvgIpc) is 3.05. The van der Waals surface area contributed by atoms with Crippen LogP contribution in [-0.2, 0) is 16.2 Å². The monoisotopic (exact) mass is 484 g/mol. The Labute approximate surface area is 183 Å². The lowest BCUT2D eigenvalue weighted by atomic mass is 10.0. The van der Waals surface area contributed by atoms with Crippen molar-refractivity contribution in [3.63, 3.8) is 0 Å². The number of alkyl halides is 3. The van der Waals surface area contributed by atoms with Gasteiger partial charge in [0.15, 0.2) is 0 Å². The summed E-state index contributed by atoms with van der Waals surface area (Å²) in [6, 6.07) is 7.73. The molecule has 0 radical (unpaired) electrons. The Morgan fingerprint density at radius 3 is 2.47 bits per heavy atom. The molecular formula is C21H13F5N2O2S2. The van der Waals surface area contributed by atoms with Crippen LogP contribution in [0.5, 0.6) is 0 Å². The zero-order valence-corrected chi connectivity index (χ0v) is 17.8. The average molecular weight is 484 g/mol. The number of thiophene rings is 1. The van der Waals surface area contributed by atoms with Crippen molar-refractivity contribution in [3.05, 3.63) is 77.6 Å². The van der Waals surface area contributed by atoms with E-state index in [0.717, 1.165) is 23.6 Å². The fourth-order valence-electron chi connectivity index (χ4n) is 3.26. The molecule has 0 atom stereocenters. The zero-order valence-electron chi connectivity index (χ0n) is 16.2. The maximum absolute atomic E-state index is 14.0. The van der Waals surface area contributed by atoms with Crippen molar-refractivity contribution >= 4 is 37.1 Å². The maximum Gasteiger partial charge on any atom is 0.418 e. The van der Waals surface area contributed by atoms with Crippen LogP contribution < -0.4 is 4.72 Å². The summed E-state index contributed by atoms with van der Waals surface area (Å²) in [6.45, 7) is 1.45. The van der Waals surface area contributed by atoms with Gasteiger partial charge in [0.2, 0.25) is 0 Å². The first-order chi connectivity index (χ1) is 15.0. The molecule has 32 heavy (non-hydrogen) atoms. The molecule has 0 saturated heterocycles. The van der Waals surface area contributed by atoms with E-state index in [9.17, 15) is 30.4 Å². The highest BCUT2D eigenvalue weighted by atomic mass is 32.2. The first-order valence-corrected chi connectivity index (χ1v) is 11.3. The number of halogens is 5. The molecule has 4 nitrogen and oxygen atoms in total. The lowest BCUT2D eigenvalue weighted by Gasteiger charge is -2.16. The van der Waals surface area contributed by atoms with Crippen LogP contribution in [0.2, 0.25) is 0 Å². The summed E-state index contributed by atoms with van der Waals surface area (Å²) in [6.07, 6.45) is -2.82. The highest BCUT2D eigenvalue weighted by Gasteiger charge is 2.36. The second-order valence-corrected chi connectivity index (χ2v) is 9.80. The van der Waals surface area contributed by atoms with Crippen molar-refractivity contribution in [1.82, 2.24) is 4.98 Å². The van der Waals surface area contributed by atoms with Gasteiger partial charge in [-0.3, -0.25) is 9.71 Å². The van der Waals surface area contributed by atoms with Gasteiger partial charge in [-0.05, 0) is 59.8 Å². The van der Waals surface area contributed by atoms with Gasteiger partial charge >= 0.3 is 6.18 Å². The predicted molar refractivity (Wildman–Crippen MR) is 112 cm³/mol. The number of nitrogens with one attached hydrogen (secondary N) is 1. The molecule has 0 bridgehead atoms. The van der Waals surface area contributed by atoms with Crippen molar-refractivity contribution in [1.29, 1.82) is 0 Å². The van der Waals surface area contributed by atoms with Gasteiger partial charge in [-0.25, -0.2) is 17.2 Å². The molecular weight excluding hydrogens is 471 g/mol. The summed E-state index contributed by atoms with van der Waals surface area (Å²) in [4.78, 5) is 3.56. The number of nitrogens with zero attached hydrogens (tertiary/aromatic N) is 1. The molecule has 0 saturated carbocycles. The summed E-state index contributed by atoms with van der Waals surface area (Å²) in [7, 11) is -4.43. The van der Waals surface area contributed by atoms with Crippen LogP contribution in [0.3, 0.4) is 0 Å². The minimum absolute atomic E-state index is 0.0892. The summed E-state index contributed by atoms with van der Waals surface area (Å²) in [5.41, 5.74) is -1.96. The number of aromatic nitrogens is 1. The maximum atomic E-state index is 14.0. The standard InChI is InChI=1S/C21H13F5N2O2S2/c1-11-15-9-13(22)3-5-19(15)31-20(11)32(29,30)28-18-4-2-12(8-16(18)21(24,25)26)14-6-7-27-10-17(14)23/h2-10,28H,1H3. The van der Waals surface area contributed by atoms with E-state index in [2.05, 4.69) is 4.98 Å². The summed E-state index contributed by atoms with van der Waals surface area (Å²) >= 11 is 0.819. The van der Waals surface area contributed by atoms with Crippen LogP contribution in [0.4, 0.5) is 27.6 Å². The van der Waals surface area contributed by atoms with Crippen molar-refractivity contribution in [3.8, 4) is 11.1 Å². The van der Waals surface area contributed by atoms with Crippen LogP contribution >= 0.6 is 11.3 Å². The third kappa shape index (κ3) is 4.05. The van der Waals surface area contributed by atoms with Gasteiger partial charge in [-0.1, -0.05) is 6.07 Å². The normalized spacial score (nSPS) is 12.3. The Morgan fingerprint density at radius 1 is 1.03 bits per heavy atom. The fraction of sp³-hybridized carbons (Fsp3) is 0.0952. The highest BCUT2D eigenvalue weighted by Crippen LogP contribution is 2.40. The molecule has 0 amide bonds. The van der Waals surface area contributed by atoms with E-state index in [1.807, 2.05) is 4.72 Å². The molecule has 0 aliphatic heterocycles. The van der Waals surface area contributed by atoms with Crippen LogP contribution in [0.25, 0.3) is 21.2 Å². The molecule has 1 N–H and O–H groups in total. The molecule has 0 fully saturated rings. The number of sulfonamides is 1. The van der Waals surface area contributed by atoms with Crippen molar-refractivity contribution in [2.24, 2.45) is 0 Å². The smallest absolute Gasteiger partial charge is 0.278 e. The molecule has 0 unspecified atom stereocenters. The summed E-state index contributed by atoms with van der Waals surface area (Å²) in [5, 5.41) is 0.356. The first kappa shape index (κ1) is 22.2. The zero-order chi connectivity index (χ0) is 23.3. The number of aryl methyl sites for hydroxylation is 1. The predicted octanol–water partition coefficient (Wildman–Crippen LogP) is 6.37. The molecule has 2 aromatic heterocycles. The largest absolute Gasteiger partial charge is 0.418 e. The Bertz CT molecular complexity index is 1450. The quantitative estimate of drug-likeness (QED) is 0.343. The summed E-state index contributed by atoms with van der Waals surface area (Å²) < 4.78 is 96.8. The van der Waals surface area contributed by atoms with E-state index >= 15 is 0 Å². The Kier molecular flexibility index (Phi) is 5.41. The Hall–Kier alpha value is -3.05. The SMILES string of the molecule is Cc1c(S(=O)(=O)Nc2ccc(-c3ccncc3F)cc2C(F)(F)F)sc2ccc(F)cc12. The molecule has 4 rings (SSSR count). The minimum atomic E-state index is -4.92. The minimum Gasteiger partial charge on any atom is -0.278 e. The number of hydrogen-bond acceptors (Lipinski definition) is 4. The van der Waals surface area contributed by atoms with Crippen LogP contribution in [0, 0.1) is 18.6 Å². The number of hydrogen-bond donors (Lipinski definition) is 1. The molecule has 0 aliphatic carbocycles. The number of benzene rings is 2. The second-order valence-electron chi connectivity index (χ2n) is 6.87. The van der Waals surface area contributed by atoms with Gasteiger partial charge in [0, 0.05) is 16.5 Å². The molecule has 0 spiro atoms. The summed E-state index contributed by atoms with van der Waals surface area (Å²) in [5.74, 6) is -1.38. The lowest BCUT2D eigenvalue weighted by molar-refractivity contribution is -0.136. The van der Waals surface area contributed by atoms with Crippen molar-refractivity contribution < 1.29 is 30.4 Å². The first-order valence-electron chi connectivity index (χ1n) is 9.00. The molecule has 4 aromatic rings. The van der Waals surface area contributed by atoms with E-state index < -0.39 is 39.1 Å². The van der Waals surface area contributed by atoms with Crippen molar-refractivity contribution in [2.75, 3.05) is 4.72 Å². The topological polar surface area (TPSA) is 59.1 Å². The van der Waals surface area contributed by atoms with E-state index in [0.29, 0.717) is 16.2 Å². The lowest BCUT2D eigenvalue weighted by Crippen LogP contribution is -2.17. The third-order valence-corrected chi connectivity index (χ3v) is 8.01. The van der Waals surface area contributed by atoms with E-state index in [1.165, 1.54) is 43.5 Å². The van der Waals surface area contributed by atoms with Gasteiger partial charge in [0.05, 0.1) is 17.4 Å². The molecule has 0 aliphatic rings. The molecule has 166 valence electrons. The molecule has 2 heterocycles.